The zero-order chi connectivity index (χ0) is 14.0. The van der Waals surface area contributed by atoms with E-state index >= 15 is 0 Å². The van der Waals surface area contributed by atoms with Crippen LogP contribution in [0.4, 0.5) is 8.78 Å². The highest BCUT2D eigenvalue weighted by atomic mass is 19.1. The van der Waals surface area contributed by atoms with Gasteiger partial charge in [0.15, 0.2) is 0 Å². The van der Waals surface area contributed by atoms with Crippen molar-refractivity contribution in [3.8, 4) is 0 Å². The Balaban J connectivity index is 2.22. The molecule has 1 atom stereocenters. The molecule has 0 amide bonds. The van der Waals surface area contributed by atoms with Gasteiger partial charge in [-0.25, -0.2) is 8.78 Å². The number of nitrogens with two attached hydrogens (primary N) is 1. The summed E-state index contributed by atoms with van der Waals surface area (Å²) in [6, 6.07) is 9.27. The minimum atomic E-state index is -0.264. The van der Waals surface area contributed by atoms with Crippen molar-refractivity contribution < 1.29 is 8.78 Å². The lowest BCUT2D eigenvalue weighted by Crippen LogP contribution is -2.14. The maximum atomic E-state index is 13.2. The van der Waals surface area contributed by atoms with Crippen LogP contribution in [0.25, 0.3) is 0 Å². The van der Waals surface area contributed by atoms with Gasteiger partial charge in [-0.1, -0.05) is 18.2 Å². The maximum absolute atomic E-state index is 13.2. The fraction of sp³-hybridized carbons (Fsp3) is 0.250. The first-order chi connectivity index (χ1) is 8.97. The van der Waals surface area contributed by atoms with E-state index in [1.165, 1.54) is 18.2 Å². The summed E-state index contributed by atoms with van der Waals surface area (Å²) in [5, 5.41) is 0. The molecule has 1 unspecified atom stereocenters. The number of rotatable bonds is 3. The zero-order valence-corrected chi connectivity index (χ0v) is 11.1. The molecule has 2 aromatic rings. The van der Waals surface area contributed by atoms with Crippen LogP contribution in [0.15, 0.2) is 36.4 Å². The van der Waals surface area contributed by atoms with Crippen molar-refractivity contribution in [3.63, 3.8) is 0 Å². The highest BCUT2D eigenvalue weighted by molar-refractivity contribution is 5.31. The van der Waals surface area contributed by atoms with E-state index in [0.717, 1.165) is 16.7 Å². The zero-order valence-electron chi connectivity index (χ0n) is 11.1. The van der Waals surface area contributed by atoms with Crippen LogP contribution >= 0.6 is 0 Å². The van der Waals surface area contributed by atoms with E-state index in [-0.39, 0.29) is 17.7 Å². The summed E-state index contributed by atoms with van der Waals surface area (Å²) in [5.41, 5.74) is 9.45. The molecule has 1 nitrogen and oxygen atoms in total. The lowest BCUT2D eigenvalue weighted by Gasteiger charge is -2.15. The molecule has 0 heterocycles. The van der Waals surface area contributed by atoms with Gasteiger partial charge < -0.3 is 5.73 Å². The van der Waals surface area contributed by atoms with Crippen LogP contribution in [0, 0.1) is 25.5 Å². The third-order valence-electron chi connectivity index (χ3n) is 3.36. The molecule has 0 aliphatic rings. The minimum absolute atomic E-state index is 0.238. The first-order valence-electron chi connectivity index (χ1n) is 6.24. The highest BCUT2D eigenvalue weighted by Gasteiger charge is 2.11. The van der Waals surface area contributed by atoms with Gasteiger partial charge in [0, 0.05) is 6.04 Å². The maximum Gasteiger partial charge on any atom is 0.126 e. The molecular formula is C16H17F2N. The Labute approximate surface area is 112 Å². The summed E-state index contributed by atoms with van der Waals surface area (Å²) in [4.78, 5) is 0. The number of halogens is 2. The Morgan fingerprint density at radius 2 is 1.74 bits per heavy atom. The van der Waals surface area contributed by atoms with Crippen LogP contribution in [-0.4, -0.2) is 0 Å². The van der Waals surface area contributed by atoms with Crippen molar-refractivity contribution >= 4 is 0 Å². The smallest absolute Gasteiger partial charge is 0.126 e. The molecule has 2 rings (SSSR count). The number of benzene rings is 2. The van der Waals surface area contributed by atoms with E-state index in [1.54, 1.807) is 25.1 Å². The van der Waals surface area contributed by atoms with E-state index in [1.807, 2.05) is 6.92 Å². The van der Waals surface area contributed by atoms with Crippen molar-refractivity contribution in [1.82, 2.24) is 0 Å². The Kier molecular flexibility index (Phi) is 3.96. The van der Waals surface area contributed by atoms with Crippen LogP contribution in [-0.2, 0) is 6.42 Å². The molecular weight excluding hydrogens is 244 g/mol. The van der Waals surface area contributed by atoms with E-state index in [2.05, 4.69) is 0 Å². The first kappa shape index (κ1) is 13.7. The predicted octanol–water partition coefficient (Wildman–Crippen LogP) is 3.82. The van der Waals surface area contributed by atoms with Gasteiger partial charge in [-0.3, -0.25) is 0 Å². The lowest BCUT2D eigenvalue weighted by molar-refractivity contribution is 0.613. The Morgan fingerprint density at radius 3 is 2.42 bits per heavy atom. The molecule has 2 aromatic carbocycles. The van der Waals surface area contributed by atoms with Crippen molar-refractivity contribution in [2.75, 3.05) is 0 Å². The summed E-state index contributed by atoms with van der Waals surface area (Å²) < 4.78 is 26.4. The van der Waals surface area contributed by atoms with Crippen LogP contribution in [0.3, 0.4) is 0 Å². The molecule has 0 saturated heterocycles. The van der Waals surface area contributed by atoms with Gasteiger partial charge in [0.1, 0.15) is 11.6 Å². The molecule has 0 saturated carbocycles. The van der Waals surface area contributed by atoms with E-state index in [4.69, 9.17) is 5.73 Å². The van der Waals surface area contributed by atoms with E-state index in [9.17, 15) is 8.78 Å². The van der Waals surface area contributed by atoms with Gasteiger partial charge in [0.2, 0.25) is 0 Å². The van der Waals surface area contributed by atoms with Gasteiger partial charge in [-0.15, -0.1) is 0 Å². The molecule has 19 heavy (non-hydrogen) atoms. The van der Waals surface area contributed by atoms with Crippen LogP contribution in [0.1, 0.15) is 28.3 Å². The predicted molar refractivity (Wildman–Crippen MR) is 72.9 cm³/mol. The molecule has 0 bridgehead atoms. The summed E-state index contributed by atoms with van der Waals surface area (Å²) in [5.74, 6) is -0.499. The number of hydrogen-bond donors (Lipinski definition) is 1. The molecule has 2 N–H and O–H groups in total. The van der Waals surface area contributed by atoms with Crippen LogP contribution in [0.2, 0.25) is 0 Å². The summed E-state index contributed by atoms with van der Waals surface area (Å²) in [6.45, 7) is 3.64. The monoisotopic (exact) mass is 261 g/mol. The van der Waals surface area contributed by atoms with Gasteiger partial charge in [0.05, 0.1) is 0 Å². The second-order valence-electron chi connectivity index (χ2n) is 4.89. The molecule has 0 spiro atoms. The van der Waals surface area contributed by atoms with Crippen molar-refractivity contribution in [2.24, 2.45) is 5.73 Å². The van der Waals surface area contributed by atoms with E-state index < -0.39 is 0 Å². The number of aryl methyl sites for hydroxylation is 2. The molecule has 0 aromatic heterocycles. The second kappa shape index (κ2) is 5.49. The normalized spacial score (nSPS) is 12.5. The molecule has 0 aliphatic carbocycles. The average molecular weight is 261 g/mol. The topological polar surface area (TPSA) is 26.0 Å². The second-order valence-corrected chi connectivity index (χ2v) is 4.89. The number of hydrogen-bond acceptors (Lipinski definition) is 1. The van der Waals surface area contributed by atoms with Crippen molar-refractivity contribution in [3.05, 3.63) is 70.3 Å². The largest absolute Gasteiger partial charge is 0.324 e. The van der Waals surface area contributed by atoms with Crippen LogP contribution < -0.4 is 5.73 Å². The van der Waals surface area contributed by atoms with Gasteiger partial charge in [0.25, 0.3) is 0 Å². The van der Waals surface area contributed by atoms with Gasteiger partial charge >= 0.3 is 0 Å². The van der Waals surface area contributed by atoms with Gasteiger partial charge in [-0.2, -0.15) is 0 Å². The summed E-state index contributed by atoms with van der Waals surface area (Å²) >= 11 is 0. The first-order valence-corrected chi connectivity index (χ1v) is 6.24. The van der Waals surface area contributed by atoms with Gasteiger partial charge in [-0.05, 0) is 60.7 Å². The lowest BCUT2D eigenvalue weighted by atomic mass is 9.96. The van der Waals surface area contributed by atoms with Crippen molar-refractivity contribution in [1.29, 1.82) is 0 Å². The fourth-order valence-corrected chi connectivity index (χ4v) is 2.11. The average Bonchev–Trinajstić information content (AvgIpc) is 2.37. The van der Waals surface area contributed by atoms with E-state index in [0.29, 0.717) is 12.0 Å². The third kappa shape index (κ3) is 3.18. The Bertz CT molecular complexity index is 593. The summed E-state index contributed by atoms with van der Waals surface area (Å²) in [7, 11) is 0. The standard InChI is InChI=1S/C16H17F2N/c1-10-3-5-14(17)8-13(10)9-16(19)12-4-6-15(18)11(2)7-12/h3-8,16H,9,19H2,1-2H3. The third-order valence-corrected chi connectivity index (χ3v) is 3.36. The molecule has 0 aliphatic heterocycles. The Hall–Kier alpha value is -1.74. The molecule has 100 valence electrons. The highest BCUT2D eigenvalue weighted by Crippen LogP contribution is 2.21. The molecule has 3 heteroatoms. The summed E-state index contributed by atoms with van der Waals surface area (Å²) in [6.07, 6.45) is 0.536. The van der Waals surface area contributed by atoms with Crippen molar-refractivity contribution in [2.45, 2.75) is 26.3 Å². The quantitative estimate of drug-likeness (QED) is 0.893. The molecule has 0 radical (unpaired) electrons. The van der Waals surface area contributed by atoms with Crippen LogP contribution in [0.5, 0.6) is 0 Å². The Morgan fingerprint density at radius 1 is 1.00 bits per heavy atom. The minimum Gasteiger partial charge on any atom is -0.324 e. The fourth-order valence-electron chi connectivity index (χ4n) is 2.11. The molecule has 0 fully saturated rings. The SMILES string of the molecule is Cc1cc(C(N)Cc2cc(F)ccc2C)ccc1F.